The molecule has 4 aliphatic carbocycles. The predicted octanol–water partition coefficient (Wildman–Crippen LogP) is 14.1. The lowest BCUT2D eigenvalue weighted by Gasteiger charge is -2.22. The summed E-state index contributed by atoms with van der Waals surface area (Å²) < 4.78 is 43.3. The van der Waals surface area contributed by atoms with E-state index in [1.165, 1.54) is 63.1 Å². The van der Waals surface area contributed by atoms with Crippen molar-refractivity contribution in [3.05, 3.63) is 207 Å². The summed E-state index contributed by atoms with van der Waals surface area (Å²) in [7, 11) is 0. The summed E-state index contributed by atoms with van der Waals surface area (Å²) in [5.41, 5.74) is 5.22. The van der Waals surface area contributed by atoms with Gasteiger partial charge in [0.25, 0.3) is 0 Å². The van der Waals surface area contributed by atoms with Gasteiger partial charge in [-0.1, -0.05) is 124 Å². The van der Waals surface area contributed by atoms with Gasteiger partial charge in [0.1, 0.15) is 29.2 Å². The molecular formula is C79H110F2N2O12. The van der Waals surface area contributed by atoms with Crippen LogP contribution in [0.1, 0.15) is 136 Å². The standard InChI is InChI=1S/C23H26FNO2.C16H16FNO2.C8H14O2.2C7H12O.2C6H10O2.C6H10/c1-16-6-9-21(10-7-16)27-22-11-8-18(12-13-25-17(2)26)23(15-22)19-4-3-5-20(24)14-19;1-11(19)18-8-7-12-5-6-15(20)10-16(12)13-3-2-4-14(17)9-13;1-3-7(9)5-6-8(10)4-2;2*1-6-2-4-7(8)5-3-6;1(5-3-7-5)2-6-4-8-6;7-5-1-2-6(8)4-3-5;1-3-5-6-4-2/h3-6,8-9,11,14-16,21H,7,10,12-13H2,1-2H3,(H,25,26);2-6,9-10,20H,7-8H2,1H3,(H,18,19);3-4,7-10H,1-2,5-6H2;2*2,4,6-8H,3,5H2,1H3;5-6H,1-4H2;1-2,5-8H,3-4H2;3-4H,1-2,5-6H2. The highest BCUT2D eigenvalue weighted by Gasteiger charge is 2.28. The fourth-order valence-electron chi connectivity index (χ4n) is 9.76. The van der Waals surface area contributed by atoms with E-state index in [0.29, 0.717) is 87.1 Å². The quantitative estimate of drug-likeness (QED) is 0.0215. The third-order valence-electron chi connectivity index (χ3n) is 15.8. The first-order valence-corrected chi connectivity index (χ1v) is 33.6. The Hall–Kier alpha value is -7.12. The lowest BCUT2D eigenvalue weighted by Crippen LogP contribution is -2.22. The van der Waals surface area contributed by atoms with Crippen LogP contribution < -0.4 is 15.4 Å². The van der Waals surface area contributed by atoms with Crippen molar-refractivity contribution in [1.82, 2.24) is 10.6 Å². The first kappa shape index (κ1) is 82.1. The maximum atomic E-state index is 13.8. The molecule has 2 amide bonds. The van der Waals surface area contributed by atoms with Gasteiger partial charge in [0.2, 0.25) is 11.8 Å². The zero-order valence-corrected chi connectivity index (χ0v) is 56.8. The normalized spacial score (nSPS) is 22.7. The molecule has 10 rings (SSSR count). The minimum absolute atomic E-state index is 0.0550. The number of halogens is 2. The Bertz CT molecular complexity index is 2860. The van der Waals surface area contributed by atoms with Crippen LogP contribution in [0.15, 0.2) is 184 Å². The molecular weight excluding hydrogens is 1210 g/mol. The molecule has 2 heterocycles. The van der Waals surface area contributed by atoms with Gasteiger partial charge in [0.15, 0.2) is 0 Å². The van der Waals surface area contributed by atoms with E-state index in [1.807, 2.05) is 48.6 Å². The van der Waals surface area contributed by atoms with E-state index >= 15 is 0 Å². The Balaban J connectivity index is 0.000000303. The van der Waals surface area contributed by atoms with Crippen molar-refractivity contribution in [3.8, 4) is 33.8 Å². The molecule has 12 atom stereocenters. The number of nitrogens with one attached hydrogen (secondary N) is 2. The van der Waals surface area contributed by atoms with Crippen molar-refractivity contribution in [2.45, 2.75) is 192 Å². The molecule has 14 nitrogen and oxygen atoms in total. The zero-order chi connectivity index (χ0) is 69.9. The van der Waals surface area contributed by atoms with E-state index in [-0.39, 0.29) is 59.7 Å². The summed E-state index contributed by atoms with van der Waals surface area (Å²) in [5.74, 6) is 2.14. The average molecular weight is 1320 g/mol. The number of hydrogen-bond donors (Lipinski definition) is 9. The fraction of sp³-hybridized carbons (Fsp3) is 0.468. The highest BCUT2D eigenvalue weighted by molar-refractivity contribution is 5.74. The minimum Gasteiger partial charge on any atom is -0.508 e. The largest absolute Gasteiger partial charge is 0.508 e. The van der Waals surface area contributed by atoms with Crippen LogP contribution in [0.3, 0.4) is 0 Å². The molecule has 6 aliphatic rings. The lowest BCUT2D eigenvalue weighted by atomic mass is 9.95. The third kappa shape index (κ3) is 39.5. The van der Waals surface area contributed by atoms with Crippen LogP contribution in [0, 0.1) is 29.4 Å². The Labute approximate surface area is 565 Å². The first-order chi connectivity index (χ1) is 45.5. The van der Waals surface area contributed by atoms with Gasteiger partial charge in [-0.2, -0.15) is 0 Å². The smallest absolute Gasteiger partial charge is 0.216 e. The lowest BCUT2D eigenvalue weighted by molar-refractivity contribution is -0.119. The highest BCUT2D eigenvalue weighted by Crippen LogP contribution is 2.32. The fourth-order valence-corrected chi connectivity index (χ4v) is 9.76. The molecule has 2 aliphatic heterocycles. The van der Waals surface area contributed by atoms with Gasteiger partial charge in [-0.05, 0) is 208 Å². The summed E-state index contributed by atoms with van der Waals surface area (Å²) in [6.45, 7) is 26.5. The number of allylic oxidation sites excluding steroid dienone is 5. The highest BCUT2D eigenvalue weighted by atomic mass is 19.1. The van der Waals surface area contributed by atoms with Crippen LogP contribution in [0.4, 0.5) is 8.78 Å². The Kier molecular flexibility index (Phi) is 41.2. The van der Waals surface area contributed by atoms with Crippen molar-refractivity contribution in [3.63, 3.8) is 0 Å². The molecule has 0 aromatic heterocycles. The summed E-state index contributed by atoms with van der Waals surface area (Å²) in [5, 5.41) is 68.6. The number of aromatic hydroxyl groups is 1. The number of unbranched alkanes of at least 4 members (excludes halogenated alkanes) is 1. The van der Waals surface area contributed by atoms with Crippen LogP contribution in [0.5, 0.6) is 11.5 Å². The number of phenols is 1. The summed E-state index contributed by atoms with van der Waals surface area (Å²) in [6, 6.07) is 23.7. The van der Waals surface area contributed by atoms with E-state index in [0.717, 1.165) is 98.1 Å². The zero-order valence-electron chi connectivity index (χ0n) is 56.8. The van der Waals surface area contributed by atoms with E-state index < -0.39 is 12.2 Å². The number of epoxide rings is 2. The van der Waals surface area contributed by atoms with Crippen molar-refractivity contribution in [2.24, 2.45) is 17.8 Å². The van der Waals surface area contributed by atoms with Crippen LogP contribution in [0.2, 0.25) is 0 Å². The maximum Gasteiger partial charge on any atom is 0.216 e. The molecule has 95 heavy (non-hydrogen) atoms. The molecule has 0 bridgehead atoms. The number of carbonyl (C=O) groups is 2. The van der Waals surface area contributed by atoms with Gasteiger partial charge in [-0.25, -0.2) is 8.78 Å². The number of rotatable bonds is 21. The number of aliphatic hydroxyl groups is 6. The topological polar surface area (TPSA) is 234 Å². The van der Waals surface area contributed by atoms with Gasteiger partial charge in [0, 0.05) is 26.9 Å². The number of phenolic OH excluding ortho intramolecular Hbond substituents is 1. The SMILES string of the molecule is C(CC1CO1)C1CO1.C=CC(O)CCC(O)C=C.C=CCCC=C.CC(=O)NCCc1ccc(O)cc1-c1cccc(F)c1.CC(=O)NCCc1ccc(OC2C=CC(C)CC2)cc1-c1cccc(F)c1.CC1C=CC(O)CC1.CC1C=CC(O)CC1.OC1C=CC(O)CC1. The van der Waals surface area contributed by atoms with E-state index in [4.69, 9.17) is 44.8 Å². The van der Waals surface area contributed by atoms with Gasteiger partial charge in [-0.15, -0.1) is 26.3 Å². The van der Waals surface area contributed by atoms with Crippen LogP contribution in [0.25, 0.3) is 22.3 Å². The number of amides is 2. The third-order valence-corrected chi connectivity index (χ3v) is 15.8. The second-order valence-corrected chi connectivity index (χ2v) is 24.7. The number of carbonyl (C=O) groups excluding carboxylic acids is 2. The second-order valence-electron chi connectivity index (χ2n) is 24.7. The Morgan fingerprint density at radius 2 is 0.937 bits per heavy atom. The molecule has 0 radical (unpaired) electrons. The molecule has 12 unspecified atom stereocenters. The molecule has 2 saturated heterocycles. The predicted molar refractivity (Wildman–Crippen MR) is 380 cm³/mol. The van der Waals surface area contributed by atoms with Gasteiger partial charge in [-0.3, -0.25) is 9.59 Å². The van der Waals surface area contributed by atoms with Crippen LogP contribution in [-0.4, -0.2) is 129 Å². The first-order valence-electron chi connectivity index (χ1n) is 33.6. The molecule has 0 saturated carbocycles. The number of hydrogen-bond acceptors (Lipinski definition) is 12. The van der Waals surface area contributed by atoms with Crippen LogP contribution in [-0.2, 0) is 31.9 Å². The average Bonchev–Trinajstić information content (AvgIpc) is 1.59. The Morgan fingerprint density at radius 1 is 0.547 bits per heavy atom. The van der Waals surface area contributed by atoms with Crippen molar-refractivity contribution in [2.75, 3.05) is 26.3 Å². The number of ether oxygens (including phenoxy) is 3. The molecule has 4 aromatic rings. The van der Waals surface area contributed by atoms with E-state index in [1.54, 1.807) is 48.6 Å². The molecule has 522 valence electrons. The number of aliphatic hydroxyl groups excluding tert-OH is 6. The monoisotopic (exact) mass is 1320 g/mol. The van der Waals surface area contributed by atoms with Gasteiger partial charge < -0.3 is 60.6 Å². The summed E-state index contributed by atoms with van der Waals surface area (Å²) in [4.78, 5) is 22.0. The van der Waals surface area contributed by atoms with Crippen molar-refractivity contribution < 1.29 is 68.3 Å². The van der Waals surface area contributed by atoms with Gasteiger partial charge >= 0.3 is 0 Å². The molecule has 4 aromatic carbocycles. The number of benzene rings is 4. The van der Waals surface area contributed by atoms with Crippen molar-refractivity contribution in [1.29, 1.82) is 0 Å². The minimum atomic E-state index is -0.505. The molecule has 16 heteroatoms. The summed E-state index contributed by atoms with van der Waals surface area (Å²) >= 11 is 0. The molecule has 2 fully saturated rings. The second kappa shape index (κ2) is 47.7. The summed E-state index contributed by atoms with van der Waals surface area (Å²) in [6.07, 6.45) is 36.1. The van der Waals surface area contributed by atoms with Crippen LogP contribution >= 0.6 is 0 Å². The molecule has 9 N–H and O–H groups in total. The maximum absolute atomic E-state index is 13.8. The van der Waals surface area contributed by atoms with Gasteiger partial charge in [0.05, 0.1) is 62.0 Å². The molecule has 0 spiro atoms. The van der Waals surface area contributed by atoms with Crippen molar-refractivity contribution >= 4 is 11.8 Å². The Morgan fingerprint density at radius 3 is 1.27 bits per heavy atom. The van der Waals surface area contributed by atoms with E-state index in [9.17, 15) is 23.5 Å². The van der Waals surface area contributed by atoms with E-state index in [2.05, 4.69) is 82.0 Å².